The maximum Gasteiger partial charge on any atom is 0.296 e. The van der Waals surface area contributed by atoms with Crippen LogP contribution in [0.3, 0.4) is 0 Å². The molecule has 34 heavy (non-hydrogen) atoms. The van der Waals surface area contributed by atoms with Crippen LogP contribution < -0.4 is 10.9 Å². The van der Waals surface area contributed by atoms with Crippen LogP contribution in [0, 0.1) is 5.82 Å². The number of nitrogens with zero attached hydrogens (tertiary/aromatic N) is 5. The zero-order chi connectivity index (χ0) is 24.1. The van der Waals surface area contributed by atoms with Gasteiger partial charge in [-0.3, -0.25) is 14.2 Å². The molecule has 11 nitrogen and oxygen atoms in total. The quantitative estimate of drug-likeness (QED) is 0.548. The highest BCUT2D eigenvalue weighted by atomic mass is 32.2. The SMILES string of the molecule is O=C(NCc1ccc(F)cc1-n1cncn1)c1nc2n(c(=O)c1O)CCS(=O)(=O)C21CCCC1. The number of nitrogens with one attached hydrogen (secondary N) is 1. The van der Waals surface area contributed by atoms with Gasteiger partial charge < -0.3 is 10.4 Å². The van der Waals surface area contributed by atoms with Gasteiger partial charge in [0.2, 0.25) is 5.75 Å². The first-order chi connectivity index (χ1) is 16.2. The molecule has 2 N–H and O–H groups in total. The highest BCUT2D eigenvalue weighted by Crippen LogP contribution is 2.47. The lowest BCUT2D eigenvalue weighted by Gasteiger charge is -2.34. The Morgan fingerprint density at radius 3 is 2.74 bits per heavy atom. The summed E-state index contributed by atoms with van der Waals surface area (Å²) in [5.41, 5.74) is -0.550. The fourth-order valence-electron chi connectivity index (χ4n) is 4.78. The third-order valence-electron chi connectivity index (χ3n) is 6.51. The number of benzene rings is 1. The first-order valence-electron chi connectivity index (χ1n) is 10.7. The van der Waals surface area contributed by atoms with Gasteiger partial charge in [-0.15, -0.1) is 0 Å². The average Bonchev–Trinajstić information content (AvgIpc) is 3.51. The smallest absolute Gasteiger partial charge is 0.296 e. The Bertz CT molecular complexity index is 1450. The minimum Gasteiger partial charge on any atom is -0.501 e. The van der Waals surface area contributed by atoms with Gasteiger partial charge in [0.1, 0.15) is 29.0 Å². The van der Waals surface area contributed by atoms with Gasteiger partial charge in [-0.05, 0) is 30.5 Å². The monoisotopic (exact) mass is 488 g/mol. The van der Waals surface area contributed by atoms with Crippen molar-refractivity contribution in [3.63, 3.8) is 0 Å². The molecule has 0 radical (unpaired) electrons. The van der Waals surface area contributed by atoms with Gasteiger partial charge >= 0.3 is 0 Å². The second-order valence-electron chi connectivity index (χ2n) is 8.41. The number of carbonyl (C=O) groups is 1. The van der Waals surface area contributed by atoms with E-state index in [2.05, 4.69) is 20.4 Å². The standard InChI is InChI=1S/C21H21FN6O5S/c22-14-4-3-13(15(9-14)28-12-23-11-25-28)10-24-18(30)16-17(29)19(31)27-7-8-34(32,33)21(20(27)26-16)5-1-2-6-21/h3-4,9,11-12,29H,1-2,5-8,10H2,(H,24,30). The summed E-state index contributed by atoms with van der Waals surface area (Å²) in [5, 5.41) is 17.0. The van der Waals surface area contributed by atoms with Crippen molar-refractivity contribution in [3.05, 3.63) is 64.1 Å². The van der Waals surface area contributed by atoms with E-state index in [-0.39, 0.29) is 24.7 Å². The molecule has 1 fully saturated rings. The molecule has 0 atom stereocenters. The number of carbonyl (C=O) groups excluding carboxylic acids is 1. The van der Waals surface area contributed by atoms with Crippen LogP contribution in [0.1, 0.15) is 47.6 Å². The van der Waals surface area contributed by atoms with Crippen LogP contribution in [-0.4, -0.2) is 49.5 Å². The number of aromatic nitrogens is 5. The number of fused-ring (bicyclic) bond motifs is 2. The van der Waals surface area contributed by atoms with E-state index in [9.17, 15) is 27.5 Å². The number of amides is 1. The Kier molecular flexibility index (Phi) is 5.23. The van der Waals surface area contributed by atoms with Crippen molar-refractivity contribution in [2.24, 2.45) is 0 Å². The largest absolute Gasteiger partial charge is 0.501 e. The Morgan fingerprint density at radius 1 is 1.26 bits per heavy atom. The Labute approximate surface area is 193 Å². The van der Waals surface area contributed by atoms with Crippen molar-refractivity contribution in [1.29, 1.82) is 0 Å². The Balaban J connectivity index is 1.50. The number of halogens is 1. The highest BCUT2D eigenvalue weighted by Gasteiger charge is 2.53. The first kappa shape index (κ1) is 22.2. The lowest BCUT2D eigenvalue weighted by molar-refractivity contribution is 0.0941. The zero-order valence-corrected chi connectivity index (χ0v) is 18.8. The van der Waals surface area contributed by atoms with Crippen LogP contribution in [-0.2, 0) is 27.7 Å². The third-order valence-corrected chi connectivity index (χ3v) is 9.01. The molecule has 2 aliphatic rings. The fraction of sp³-hybridized carbons (Fsp3) is 0.381. The fourth-order valence-corrected chi connectivity index (χ4v) is 6.93. The van der Waals surface area contributed by atoms with Gasteiger partial charge in [0.25, 0.3) is 11.5 Å². The molecule has 1 spiro atoms. The summed E-state index contributed by atoms with van der Waals surface area (Å²) < 4.78 is 40.9. The number of hydrogen-bond donors (Lipinski definition) is 2. The summed E-state index contributed by atoms with van der Waals surface area (Å²) in [6.07, 6.45) is 4.59. The predicted octanol–water partition coefficient (Wildman–Crippen LogP) is 0.796. The maximum atomic E-state index is 13.8. The summed E-state index contributed by atoms with van der Waals surface area (Å²) in [4.78, 5) is 33.9. The van der Waals surface area contributed by atoms with Crippen LogP contribution in [0.5, 0.6) is 5.75 Å². The molecule has 1 aliphatic carbocycles. The molecular formula is C21H21FN6O5S. The van der Waals surface area contributed by atoms with Gasteiger partial charge in [-0.2, -0.15) is 5.10 Å². The number of aromatic hydroxyl groups is 1. The molecule has 1 aromatic carbocycles. The second kappa shape index (κ2) is 8.01. The highest BCUT2D eigenvalue weighted by molar-refractivity contribution is 7.92. The number of rotatable bonds is 4. The molecule has 2 aromatic heterocycles. The third kappa shape index (κ3) is 3.38. The van der Waals surface area contributed by atoms with Crippen LogP contribution in [0.15, 0.2) is 35.6 Å². The van der Waals surface area contributed by atoms with Crippen LogP contribution in [0.25, 0.3) is 5.69 Å². The van der Waals surface area contributed by atoms with Crippen molar-refractivity contribution in [1.82, 2.24) is 29.6 Å². The molecule has 1 aliphatic heterocycles. The lowest BCUT2D eigenvalue weighted by Crippen LogP contribution is -2.48. The summed E-state index contributed by atoms with van der Waals surface area (Å²) in [5.74, 6) is -2.42. The van der Waals surface area contributed by atoms with E-state index in [0.29, 0.717) is 36.9 Å². The predicted molar refractivity (Wildman–Crippen MR) is 117 cm³/mol. The molecule has 1 saturated carbocycles. The van der Waals surface area contributed by atoms with E-state index < -0.39 is 43.3 Å². The molecule has 0 saturated heterocycles. The first-order valence-corrected chi connectivity index (χ1v) is 12.4. The van der Waals surface area contributed by atoms with Crippen molar-refractivity contribution < 1.29 is 22.7 Å². The van der Waals surface area contributed by atoms with Gasteiger partial charge in [-0.1, -0.05) is 18.9 Å². The molecule has 13 heteroatoms. The minimum absolute atomic E-state index is 0.00860. The van der Waals surface area contributed by atoms with Crippen LogP contribution in [0.2, 0.25) is 0 Å². The molecule has 1 amide bonds. The normalized spacial score (nSPS) is 18.0. The molecule has 3 aromatic rings. The van der Waals surface area contributed by atoms with Crippen LogP contribution >= 0.6 is 0 Å². The van der Waals surface area contributed by atoms with E-state index in [4.69, 9.17) is 0 Å². The maximum absolute atomic E-state index is 13.8. The zero-order valence-electron chi connectivity index (χ0n) is 17.9. The number of sulfone groups is 1. The van der Waals surface area contributed by atoms with Crippen molar-refractivity contribution >= 4 is 15.7 Å². The molecule has 5 rings (SSSR count). The van der Waals surface area contributed by atoms with Crippen LogP contribution in [0.4, 0.5) is 4.39 Å². The summed E-state index contributed by atoms with van der Waals surface area (Å²) in [6.45, 7) is -0.227. The molecule has 178 valence electrons. The van der Waals surface area contributed by atoms with Gasteiger partial charge in [0, 0.05) is 13.1 Å². The molecule has 0 bridgehead atoms. The Morgan fingerprint density at radius 2 is 2.03 bits per heavy atom. The van der Waals surface area contributed by atoms with E-state index in [0.717, 1.165) is 0 Å². The van der Waals surface area contributed by atoms with Crippen molar-refractivity contribution in [2.45, 2.75) is 43.5 Å². The summed E-state index contributed by atoms with van der Waals surface area (Å²) in [7, 11) is -3.59. The summed E-state index contributed by atoms with van der Waals surface area (Å²) in [6, 6.07) is 3.91. The van der Waals surface area contributed by atoms with E-state index in [1.807, 2.05) is 0 Å². The van der Waals surface area contributed by atoms with Gasteiger partial charge in [0.15, 0.2) is 15.5 Å². The minimum atomic E-state index is -3.59. The van der Waals surface area contributed by atoms with Gasteiger partial charge in [-0.25, -0.2) is 27.5 Å². The molecular weight excluding hydrogens is 467 g/mol. The lowest BCUT2D eigenvalue weighted by atomic mass is 10.1. The molecule has 3 heterocycles. The number of hydrogen-bond acceptors (Lipinski definition) is 8. The van der Waals surface area contributed by atoms with Gasteiger partial charge in [0.05, 0.1) is 11.4 Å². The van der Waals surface area contributed by atoms with Crippen molar-refractivity contribution in [2.75, 3.05) is 5.75 Å². The van der Waals surface area contributed by atoms with Crippen molar-refractivity contribution in [3.8, 4) is 11.4 Å². The van der Waals surface area contributed by atoms with E-state index >= 15 is 0 Å². The van der Waals surface area contributed by atoms with E-state index in [1.165, 1.54) is 40.1 Å². The molecule has 0 unspecified atom stereocenters. The topological polar surface area (TPSA) is 149 Å². The Hall–Kier alpha value is -3.61. The summed E-state index contributed by atoms with van der Waals surface area (Å²) >= 11 is 0. The van der Waals surface area contributed by atoms with E-state index in [1.54, 1.807) is 0 Å². The second-order valence-corrected chi connectivity index (χ2v) is 10.8. The average molecular weight is 489 g/mol.